The minimum Gasteiger partial charge on any atom is -0.335 e. The number of carbonyl (C=O) groups is 1. The van der Waals surface area contributed by atoms with Gasteiger partial charge >= 0.3 is 0 Å². The van der Waals surface area contributed by atoms with Crippen LogP contribution >= 0.6 is 11.6 Å². The summed E-state index contributed by atoms with van der Waals surface area (Å²) in [7, 11) is 0. The number of hydrogen-bond donors (Lipinski definition) is 0. The van der Waals surface area contributed by atoms with Crippen molar-refractivity contribution >= 4 is 17.5 Å². The molecule has 3 heteroatoms. The van der Waals surface area contributed by atoms with E-state index in [1.807, 2.05) is 17.0 Å². The SMILES string of the molecule is CC(C)(C)C1CCCCN1C(=O)c1ccc(Cl)cc1. The highest BCUT2D eigenvalue weighted by molar-refractivity contribution is 6.30. The van der Waals surface area contributed by atoms with E-state index in [1.54, 1.807) is 12.1 Å². The molecule has 1 aromatic rings. The first-order chi connectivity index (χ1) is 8.89. The Morgan fingerprint density at radius 2 is 1.84 bits per heavy atom. The van der Waals surface area contributed by atoms with Gasteiger partial charge in [-0.05, 0) is 48.9 Å². The molecule has 1 aromatic carbocycles. The molecule has 1 heterocycles. The number of benzene rings is 1. The Balaban J connectivity index is 2.22. The smallest absolute Gasteiger partial charge is 0.254 e. The van der Waals surface area contributed by atoms with Crippen LogP contribution in [-0.2, 0) is 0 Å². The third-order valence-electron chi connectivity index (χ3n) is 3.85. The number of amides is 1. The topological polar surface area (TPSA) is 20.3 Å². The predicted molar refractivity (Wildman–Crippen MR) is 79.6 cm³/mol. The molecule has 0 bridgehead atoms. The maximum absolute atomic E-state index is 12.7. The summed E-state index contributed by atoms with van der Waals surface area (Å²) in [5, 5.41) is 0.669. The lowest BCUT2D eigenvalue weighted by Crippen LogP contribution is -2.50. The highest BCUT2D eigenvalue weighted by Crippen LogP contribution is 2.32. The first-order valence-electron chi connectivity index (χ1n) is 6.96. The molecule has 1 aliphatic heterocycles. The van der Waals surface area contributed by atoms with Crippen molar-refractivity contribution in [1.82, 2.24) is 4.90 Å². The standard InChI is InChI=1S/C16H22ClNO/c1-16(2,3)14-6-4-5-11-18(14)15(19)12-7-9-13(17)10-8-12/h7-10,14H,4-6,11H2,1-3H3. The van der Waals surface area contributed by atoms with E-state index in [-0.39, 0.29) is 11.3 Å². The van der Waals surface area contributed by atoms with Gasteiger partial charge in [-0.15, -0.1) is 0 Å². The largest absolute Gasteiger partial charge is 0.335 e. The molecule has 19 heavy (non-hydrogen) atoms. The minimum absolute atomic E-state index is 0.127. The van der Waals surface area contributed by atoms with Crippen molar-refractivity contribution in [3.8, 4) is 0 Å². The summed E-state index contributed by atoms with van der Waals surface area (Å²) in [5.74, 6) is 0.135. The van der Waals surface area contributed by atoms with Crippen LogP contribution in [0.1, 0.15) is 50.4 Å². The molecule has 1 fully saturated rings. The molecule has 104 valence electrons. The minimum atomic E-state index is 0.127. The summed E-state index contributed by atoms with van der Waals surface area (Å²) in [6.45, 7) is 7.50. The van der Waals surface area contributed by atoms with Crippen molar-refractivity contribution in [2.75, 3.05) is 6.54 Å². The van der Waals surface area contributed by atoms with Gasteiger partial charge in [0.15, 0.2) is 0 Å². The zero-order valence-corrected chi connectivity index (χ0v) is 12.7. The molecule has 0 N–H and O–H groups in total. The van der Waals surface area contributed by atoms with Gasteiger partial charge < -0.3 is 4.90 Å². The van der Waals surface area contributed by atoms with Crippen LogP contribution < -0.4 is 0 Å². The van der Waals surface area contributed by atoms with E-state index in [0.717, 1.165) is 24.9 Å². The lowest BCUT2D eigenvalue weighted by Gasteiger charge is -2.43. The van der Waals surface area contributed by atoms with Crippen LogP contribution in [0.15, 0.2) is 24.3 Å². The molecule has 0 aromatic heterocycles. The van der Waals surface area contributed by atoms with Crippen molar-refractivity contribution in [1.29, 1.82) is 0 Å². The summed E-state index contributed by atoms with van der Waals surface area (Å²) in [6, 6.07) is 7.53. The molecule has 2 rings (SSSR count). The zero-order chi connectivity index (χ0) is 14.0. The average Bonchev–Trinajstić information content (AvgIpc) is 2.38. The molecular weight excluding hydrogens is 258 g/mol. The molecule has 2 nitrogen and oxygen atoms in total. The Morgan fingerprint density at radius 3 is 2.42 bits per heavy atom. The van der Waals surface area contributed by atoms with Crippen LogP contribution in [0.25, 0.3) is 0 Å². The van der Waals surface area contributed by atoms with E-state index >= 15 is 0 Å². The van der Waals surface area contributed by atoms with Gasteiger partial charge in [0.2, 0.25) is 0 Å². The lowest BCUT2D eigenvalue weighted by atomic mass is 9.80. The molecule has 1 amide bonds. The molecule has 0 radical (unpaired) electrons. The second-order valence-corrected chi connectivity index (χ2v) is 6.82. The van der Waals surface area contributed by atoms with E-state index in [4.69, 9.17) is 11.6 Å². The van der Waals surface area contributed by atoms with Crippen molar-refractivity contribution in [3.05, 3.63) is 34.9 Å². The fourth-order valence-corrected chi connectivity index (χ4v) is 2.96. The van der Waals surface area contributed by atoms with Crippen LogP contribution in [-0.4, -0.2) is 23.4 Å². The summed E-state index contributed by atoms with van der Waals surface area (Å²) >= 11 is 5.88. The number of nitrogens with zero attached hydrogens (tertiary/aromatic N) is 1. The van der Waals surface area contributed by atoms with Crippen molar-refractivity contribution in [2.24, 2.45) is 5.41 Å². The van der Waals surface area contributed by atoms with Gasteiger partial charge in [0.05, 0.1) is 0 Å². The third-order valence-corrected chi connectivity index (χ3v) is 4.11. The molecule has 1 saturated heterocycles. The van der Waals surface area contributed by atoms with Gasteiger partial charge in [-0.2, -0.15) is 0 Å². The first kappa shape index (κ1) is 14.4. The van der Waals surface area contributed by atoms with E-state index in [9.17, 15) is 4.79 Å². The maximum atomic E-state index is 12.7. The molecule has 0 spiro atoms. The Labute approximate surface area is 120 Å². The van der Waals surface area contributed by atoms with Gasteiger partial charge in [-0.25, -0.2) is 0 Å². The van der Waals surface area contributed by atoms with E-state index in [2.05, 4.69) is 20.8 Å². The van der Waals surface area contributed by atoms with Crippen LogP contribution in [0.5, 0.6) is 0 Å². The second-order valence-electron chi connectivity index (χ2n) is 6.38. The van der Waals surface area contributed by atoms with Gasteiger partial charge in [-0.3, -0.25) is 4.79 Å². The molecular formula is C16H22ClNO. The summed E-state index contributed by atoms with van der Waals surface area (Å²) in [5.41, 5.74) is 0.864. The van der Waals surface area contributed by atoms with Gasteiger partial charge in [0.25, 0.3) is 5.91 Å². The first-order valence-corrected chi connectivity index (χ1v) is 7.34. The highest BCUT2D eigenvalue weighted by Gasteiger charge is 2.35. The summed E-state index contributed by atoms with van der Waals surface area (Å²) < 4.78 is 0. The summed E-state index contributed by atoms with van der Waals surface area (Å²) in [4.78, 5) is 14.7. The quantitative estimate of drug-likeness (QED) is 0.747. The second kappa shape index (κ2) is 5.54. The van der Waals surface area contributed by atoms with Crippen LogP contribution in [0.2, 0.25) is 5.02 Å². The van der Waals surface area contributed by atoms with Crippen LogP contribution in [0, 0.1) is 5.41 Å². The third kappa shape index (κ3) is 3.30. The number of likely N-dealkylation sites (tertiary alicyclic amines) is 1. The molecule has 1 aliphatic rings. The van der Waals surface area contributed by atoms with E-state index in [0.29, 0.717) is 11.1 Å². The van der Waals surface area contributed by atoms with Gasteiger partial charge in [0.1, 0.15) is 0 Å². The molecule has 0 saturated carbocycles. The number of halogens is 1. The van der Waals surface area contributed by atoms with Crippen LogP contribution in [0.3, 0.4) is 0 Å². The Morgan fingerprint density at radius 1 is 1.21 bits per heavy atom. The van der Waals surface area contributed by atoms with Crippen molar-refractivity contribution in [3.63, 3.8) is 0 Å². The Kier molecular flexibility index (Phi) is 4.19. The lowest BCUT2D eigenvalue weighted by molar-refractivity contribution is 0.0397. The monoisotopic (exact) mass is 279 g/mol. The number of rotatable bonds is 1. The molecule has 0 aliphatic carbocycles. The number of carbonyl (C=O) groups excluding carboxylic acids is 1. The highest BCUT2D eigenvalue weighted by atomic mass is 35.5. The fraction of sp³-hybridized carbons (Fsp3) is 0.562. The Hall–Kier alpha value is -1.02. The average molecular weight is 280 g/mol. The number of hydrogen-bond acceptors (Lipinski definition) is 1. The Bertz CT molecular complexity index is 447. The number of piperidine rings is 1. The van der Waals surface area contributed by atoms with Gasteiger partial charge in [0, 0.05) is 23.2 Å². The van der Waals surface area contributed by atoms with Crippen LogP contribution in [0.4, 0.5) is 0 Å². The van der Waals surface area contributed by atoms with Crippen molar-refractivity contribution < 1.29 is 4.79 Å². The van der Waals surface area contributed by atoms with Crippen molar-refractivity contribution in [2.45, 2.75) is 46.1 Å². The predicted octanol–water partition coefficient (Wildman–Crippen LogP) is 4.38. The normalized spacial score (nSPS) is 20.4. The molecule has 1 unspecified atom stereocenters. The fourth-order valence-electron chi connectivity index (χ4n) is 2.83. The zero-order valence-electron chi connectivity index (χ0n) is 11.9. The van der Waals surface area contributed by atoms with E-state index in [1.165, 1.54) is 6.42 Å². The van der Waals surface area contributed by atoms with E-state index < -0.39 is 0 Å². The maximum Gasteiger partial charge on any atom is 0.254 e. The summed E-state index contributed by atoms with van der Waals surface area (Å²) in [6.07, 6.45) is 3.42. The molecule has 1 atom stereocenters. The van der Waals surface area contributed by atoms with Gasteiger partial charge in [-0.1, -0.05) is 32.4 Å².